The topological polar surface area (TPSA) is 78.4 Å². The lowest BCUT2D eigenvalue weighted by atomic mass is 10.1. The predicted octanol–water partition coefficient (Wildman–Crippen LogP) is 1.50. The van der Waals surface area contributed by atoms with Gasteiger partial charge in [-0.1, -0.05) is 29.8 Å². The van der Waals surface area contributed by atoms with E-state index in [1.165, 1.54) is 5.56 Å². The molecule has 0 aliphatic rings. The van der Waals surface area contributed by atoms with E-state index in [0.717, 1.165) is 18.4 Å². The van der Waals surface area contributed by atoms with E-state index in [-0.39, 0.29) is 5.91 Å². The van der Waals surface area contributed by atoms with E-state index >= 15 is 0 Å². The summed E-state index contributed by atoms with van der Waals surface area (Å²) in [6.45, 7) is 2.60. The summed E-state index contributed by atoms with van der Waals surface area (Å²) in [7, 11) is 1.64. The van der Waals surface area contributed by atoms with Crippen molar-refractivity contribution in [1.29, 1.82) is 0 Å². The molecule has 0 heterocycles. The van der Waals surface area contributed by atoms with Gasteiger partial charge in [0.2, 0.25) is 5.91 Å². The average Bonchev–Trinajstić information content (AvgIpc) is 2.45. The van der Waals surface area contributed by atoms with Gasteiger partial charge < -0.3 is 15.7 Å². The highest BCUT2D eigenvalue weighted by molar-refractivity contribution is 5.78. The Morgan fingerprint density at radius 2 is 1.86 bits per heavy atom. The van der Waals surface area contributed by atoms with Gasteiger partial charge in [-0.3, -0.25) is 9.59 Å². The van der Waals surface area contributed by atoms with Gasteiger partial charge >= 0.3 is 5.97 Å². The standard InChI is InChI=1S/C16H24N2O3/c1-12-6-8-13(9-7-12)11-15(19)18-10-4-3-5-14(17-2)16(20)21/h6-9,14,17H,3-5,10-11H2,1-2H3,(H,18,19)(H,20,21). The van der Waals surface area contributed by atoms with Crippen LogP contribution in [0.5, 0.6) is 0 Å². The monoisotopic (exact) mass is 292 g/mol. The Morgan fingerprint density at radius 1 is 1.19 bits per heavy atom. The van der Waals surface area contributed by atoms with Crippen LogP contribution in [-0.2, 0) is 16.0 Å². The zero-order chi connectivity index (χ0) is 15.7. The Bertz CT molecular complexity index is 457. The van der Waals surface area contributed by atoms with E-state index in [9.17, 15) is 9.59 Å². The van der Waals surface area contributed by atoms with Crippen LogP contribution >= 0.6 is 0 Å². The number of hydrogen-bond acceptors (Lipinski definition) is 3. The maximum atomic E-state index is 11.7. The first-order chi connectivity index (χ1) is 10.0. The van der Waals surface area contributed by atoms with Crippen LogP contribution in [0.15, 0.2) is 24.3 Å². The Labute approximate surface area is 125 Å². The fourth-order valence-electron chi connectivity index (χ4n) is 2.05. The number of likely N-dealkylation sites (N-methyl/N-ethyl adjacent to an activating group) is 1. The zero-order valence-corrected chi connectivity index (χ0v) is 12.7. The van der Waals surface area contributed by atoms with E-state index in [4.69, 9.17) is 5.11 Å². The summed E-state index contributed by atoms with van der Waals surface area (Å²) in [6.07, 6.45) is 2.50. The minimum atomic E-state index is -0.832. The van der Waals surface area contributed by atoms with E-state index in [0.29, 0.717) is 19.4 Å². The lowest BCUT2D eigenvalue weighted by molar-refractivity contribution is -0.139. The predicted molar refractivity (Wildman–Crippen MR) is 82.2 cm³/mol. The van der Waals surface area contributed by atoms with Crippen molar-refractivity contribution in [2.24, 2.45) is 0 Å². The van der Waals surface area contributed by atoms with Crippen molar-refractivity contribution >= 4 is 11.9 Å². The second-order valence-electron chi connectivity index (χ2n) is 5.19. The number of aryl methyl sites for hydroxylation is 1. The Balaban J connectivity index is 2.16. The molecule has 0 fully saturated rings. The summed E-state index contributed by atoms with van der Waals surface area (Å²) >= 11 is 0. The average molecular weight is 292 g/mol. The van der Waals surface area contributed by atoms with Crippen molar-refractivity contribution in [2.45, 2.75) is 38.6 Å². The molecule has 1 amide bonds. The van der Waals surface area contributed by atoms with Gasteiger partial charge in [0.15, 0.2) is 0 Å². The summed E-state index contributed by atoms with van der Waals surface area (Å²) in [5.74, 6) is -0.830. The van der Waals surface area contributed by atoms with Crippen molar-refractivity contribution in [1.82, 2.24) is 10.6 Å². The Kier molecular flexibility index (Phi) is 7.46. The molecule has 1 unspecified atom stereocenters. The molecule has 0 bridgehead atoms. The second kappa shape index (κ2) is 9.13. The van der Waals surface area contributed by atoms with Gasteiger partial charge in [0.1, 0.15) is 6.04 Å². The highest BCUT2D eigenvalue weighted by atomic mass is 16.4. The summed E-state index contributed by atoms with van der Waals surface area (Å²) in [4.78, 5) is 22.5. The number of carbonyl (C=O) groups excluding carboxylic acids is 1. The molecule has 1 rings (SSSR count). The highest BCUT2D eigenvalue weighted by Gasteiger charge is 2.13. The molecule has 116 valence electrons. The minimum Gasteiger partial charge on any atom is -0.480 e. The van der Waals surface area contributed by atoms with Gasteiger partial charge in [0, 0.05) is 6.54 Å². The molecule has 0 radical (unpaired) electrons. The molecule has 3 N–H and O–H groups in total. The van der Waals surface area contributed by atoms with Crippen LogP contribution in [0.2, 0.25) is 0 Å². The van der Waals surface area contributed by atoms with Crippen LogP contribution in [-0.4, -0.2) is 36.6 Å². The summed E-state index contributed by atoms with van der Waals surface area (Å²) in [5, 5.41) is 14.5. The number of carboxylic acid groups (broad SMARTS) is 1. The van der Waals surface area contributed by atoms with Crippen molar-refractivity contribution in [3.63, 3.8) is 0 Å². The fourth-order valence-corrected chi connectivity index (χ4v) is 2.05. The number of benzene rings is 1. The SMILES string of the molecule is CNC(CCCCNC(=O)Cc1ccc(C)cc1)C(=O)O. The summed E-state index contributed by atoms with van der Waals surface area (Å²) in [5.41, 5.74) is 2.18. The van der Waals surface area contributed by atoms with Crippen molar-refractivity contribution in [2.75, 3.05) is 13.6 Å². The number of carboxylic acids is 1. The van der Waals surface area contributed by atoms with Crippen LogP contribution < -0.4 is 10.6 Å². The van der Waals surface area contributed by atoms with Crippen molar-refractivity contribution < 1.29 is 14.7 Å². The molecule has 0 saturated heterocycles. The molecule has 0 aliphatic heterocycles. The first-order valence-corrected chi connectivity index (χ1v) is 7.25. The normalized spacial score (nSPS) is 11.9. The quantitative estimate of drug-likeness (QED) is 0.603. The third kappa shape index (κ3) is 6.90. The first kappa shape index (κ1) is 17.2. The third-order valence-electron chi connectivity index (χ3n) is 3.37. The molecule has 0 aliphatic carbocycles. The number of rotatable bonds is 9. The summed E-state index contributed by atoms with van der Waals surface area (Å²) in [6, 6.07) is 7.39. The van der Waals surface area contributed by atoms with Crippen LogP contribution in [0, 0.1) is 6.92 Å². The maximum Gasteiger partial charge on any atom is 0.320 e. The molecule has 5 heteroatoms. The third-order valence-corrected chi connectivity index (χ3v) is 3.37. The zero-order valence-electron chi connectivity index (χ0n) is 12.7. The molecule has 1 aromatic rings. The number of amides is 1. The van der Waals surface area contributed by atoms with Gasteiger partial charge in [0.05, 0.1) is 6.42 Å². The van der Waals surface area contributed by atoms with Gasteiger partial charge in [-0.25, -0.2) is 0 Å². The molecule has 5 nitrogen and oxygen atoms in total. The van der Waals surface area contributed by atoms with E-state index in [1.54, 1.807) is 7.05 Å². The Morgan fingerprint density at radius 3 is 2.43 bits per heavy atom. The number of hydrogen-bond donors (Lipinski definition) is 3. The lowest BCUT2D eigenvalue weighted by Crippen LogP contribution is -2.34. The van der Waals surface area contributed by atoms with Gasteiger partial charge in [0.25, 0.3) is 0 Å². The van der Waals surface area contributed by atoms with Crippen LogP contribution in [0.4, 0.5) is 0 Å². The lowest BCUT2D eigenvalue weighted by Gasteiger charge is -2.10. The molecule has 1 aromatic carbocycles. The molecule has 0 saturated carbocycles. The number of carbonyl (C=O) groups is 2. The van der Waals surface area contributed by atoms with E-state index in [2.05, 4.69) is 10.6 Å². The van der Waals surface area contributed by atoms with Crippen LogP contribution in [0.3, 0.4) is 0 Å². The minimum absolute atomic E-state index is 0.00209. The first-order valence-electron chi connectivity index (χ1n) is 7.25. The smallest absolute Gasteiger partial charge is 0.320 e. The number of aliphatic carboxylic acids is 1. The molecular formula is C16H24N2O3. The summed E-state index contributed by atoms with van der Waals surface area (Å²) < 4.78 is 0. The van der Waals surface area contributed by atoms with Crippen molar-refractivity contribution in [3.05, 3.63) is 35.4 Å². The molecule has 21 heavy (non-hydrogen) atoms. The molecule has 0 aromatic heterocycles. The van der Waals surface area contributed by atoms with E-state index < -0.39 is 12.0 Å². The van der Waals surface area contributed by atoms with Gasteiger partial charge in [-0.2, -0.15) is 0 Å². The number of unbranched alkanes of at least 4 members (excludes halogenated alkanes) is 1. The largest absolute Gasteiger partial charge is 0.480 e. The van der Waals surface area contributed by atoms with Gasteiger partial charge in [-0.05, 0) is 38.8 Å². The van der Waals surface area contributed by atoms with Crippen LogP contribution in [0.1, 0.15) is 30.4 Å². The number of nitrogens with one attached hydrogen (secondary N) is 2. The van der Waals surface area contributed by atoms with Gasteiger partial charge in [-0.15, -0.1) is 0 Å². The molecule has 0 spiro atoms. The highest BCUT2D eigenvalue weighted by Crippen LogP contribution is 2.04. The second-order valence-corrected chi connectivity index (χ2v) is 5.19. The molecule has 1 atom stereocenters. The van der Waals surface area contributed by atoms with E-state index in [1.807, 2.05) is 31.2 Å². The van der Waals surface area contributed by atoms with Crippen LogP contribution in [0.25, 0.3) is 0 Å². The maximum absolute atomic E-state index is 11.7. The van der Waals surface area contributed by atoms with Crippen molar-refractivity contribution in [3.8, 4) is 0 Å². The molecular weight excluding hydrogens is 268 g/mol. The fraction of sp³-hybridized carbons (Fsp3) is 0.500. The Hall–Kier alpha value is -1.88.